The minimum absolute atomic E-state index is 0.0485. The van der Waals surface area contributed by atoms with Crippen LogP contribution in [0.5, 0.6) is 0 Å². The number of nitrogens with zero attached hydrogens (tertiary/aromatic N) is 2. The molecule has 0 saturated carbocycles. The van der Waals surface area contributed by atoms with Crippen molar-refractivity contribution in [3.63, 3.8) is 0 Å². The lowest BCUT2D eigenvalue weighted by atomic mass is 10.2. The van der Waals surface area contributed by atoms with E-state index < -0.39 is 15.9 Å². The fourth-order valence-electron chi connectivity index (χ4n) is 3.36. The fraction of sp³-hybridized carbons (Fsp3) is 0.167. The fourth-order valence-corrected chi connectivity index (χ4v) is 5.71. The Morgan fingerprint density at radius 2 is 1.76 bits per heavy atom. The number of carbonyl (C=O) groups excluding carboxylic acids is 1. The number of fused-ring (bicyclic) bond motifs is 1. The molecule has 0 spiro atoms. The highest BCUT2D eigenvalue weighted by Gasteiger charge is 2.27. The number of halogens is 1. The van der Waals surface area contributed by atoms with Crippen LogP contribution in [-0.2, 0) is 27.9 Å². The molecule has 4 rings (SSSR count). The zero-order valence-electron chi connectivity index (χ0n) is 17.9. The van der Waals surface area contributed by atoms with Gasteiger partial charge in [-0.3, -0.25) is 4.79 Å². The smallest absolute Gasteiger partial charge is 0.243 e. The number of nitrogens with one attached hydrogen (secondary N) is 1. The monoisotopic (exact) mass is 483 g/mol. The Labute approximate surface area is 195 Å². The van der Waals surface area contributed by atoms with E-state index in [9.17, 15) is 17.6 Å². The SMILES string of the molecule is Cc1nc2ccc(S(=O)(=O)N(CC(=O)NCc3ccc(F)cc3)Cc3ccccc3)cc2s1. The summed E-state index contributed by atoms with van der Waals surface area (Å²) in [5.74, 6) is -0.813. The van der Waals surface area contributed by atoms with Gasteiger partial charge in [-0.1, -0.05) is 42.5 Å². The second-order valence-electron chi connectivity index (χ2n) is 7.52. The van der Waals surface area contributed by atoms with Crippen LogP contribution >= 0.6 is 11.3 Å². The van der Waals surface area contributed by atoms with E-state index in [1.54, 1.807) is 24.3 Å². The number of sulfonamides is 1. The third-order valence-corrected chi connectivity index (χ3v) is 7.75. The maximum atomic E-state index is 13.5. The molecule has 0 aliphatic carbocycles. The van der Waals surface area contributed by atoms with Crippen molar-refractivity contribution in [2.45, 2.75) is 24.9 Å². The molecule has 0 unspecified atom stereocenters. The summed E-state index contributed by atoms with van der Waals surface area (Å²) in [5.41, 5.74) is 2.22. The standard InChI is InChI=1S/C24H22FN3O3S2/c1-17-27-22-12-11-21(13-23(22)32-17)33(30,31)28(15-19-5-3-2-4-6-19)16-24(29)26-14-18-7-9-20(25)10-8-18/h2-13H,14-16H2,1H3,(H,26,29). The predicted octanol–water partition coefficient (Wildman–Crippen LogP) is 4.25. The van der Waals surface area contributed by atoms with Gasteiger partial charge in [0, 0.05) is 13.1 Å². The maximum absolute atomic E-state index is 13.5. The van der Waals surface area contributed by atoms with Crippen molar-refractivity contribution in [3.8, 4) is 0 Å². The predicted molar refractivity (Wildman–Crippen MR) is 127 cm³/mol. The largest absolute Gasteiger partial charge is 0.351 e. The van der Waals surface area contributed by atoms with E-state index >= 15 is 0 Å². The summed E-state index contributed by atoms with van der Waals surface area (Å²) in [6, 6.07) is 19.7. The number of hydrogen-bond donors (Lipinski definition) is 1. The van der Waals surface area contributed by atoms with Crippen LogP contribution in [0.3, 0.4) is 0 Å². The van der Waals surface area contributed by atoms with Crippen LogP contribution in [0.4, 0.5) is 4.39 Å². The van der Waals surface area contributed by atoms with Crippen LogP contribution in [0.15, 0.2) is 77.7 Å². The minimum Gasteiger partial charge on any atom is -0.351 e. The molecule has 1 heterocycles. The van der Waals surface area contributed by atoms with Gasteiger partial charge in [0.25, 0.3) is 0 Å². The van der Waals surface area contributed by atoms with Gasteiger partial charge in [0.1, 0.15) is 5.82 Å². The number of aromatic nitrogens is 1. The topological polar surface area (TPSA) is 79.4 Å². The first-order chi connectivity index (χ1) is 15.8. The molecule has 3 aromatic carbocycles. The number of rotatable bonds is 8. The molecule has 1 aromatic heterocycles. The normalized spacial score (nSPS) is 11.7. The van der Waals surface area contributed by atoms with Crippen LogP contribution in [0, 0.1) is 12.7 Å². The highest BCUT2D eigenvalue weighted by molar-refractivity contribution is 7.89. The number of hydrogen-bond acceptors (Lipinski definition) is 5. The molecule has 0 saturated heterocycles. The summed E-state index contributed by atoms with van der Waals surface area (Å²) in [5, 5.41) is 3.56. The Bertz CT molecular complexity index is 1370. The van der Waals surface area contributed by atoms with Crippen molar-refractivity contribution in [2.75, 3.05) is 6.54 Å². The van der Waals surface area contributed by atoms with Gasteiger partial charge < -0.3 is 5.32 Å². The van der Waals surface area contributed by atoms with Gasteiger partial charge in [0.15, 0.2) is 0 Å². The van der Waals surface area contributed by atoms with Crippen molar-refractivity contribution in [2.24, 2.45) is 0 Å². The number of carbonyl (C=O) groups is 1. The summed E-state index contributed by atoms with van der Waals surface area (Å²) < 4.78 is 42.1. The minimum atomic E-state index is -3.96. The average molecular weight is 484 g/mol. The van der Waals surface area contributed by atoms with E-state index in [4.69, 9.17) is 0 Å². The molecule has 0 bridgehead atoms. The number of amides is 1. The molecule has 1 amide bonds. The Hall–Kier alpha value is -3.14. The van der Waals surface area contributed by atoms with E-state index in [-0.39, 0.29) is 30.3 Å². The molecule has 33 heavy (non-hydrogen) atoms. The Morgan fingerprint density at radius 1 is 1.03 bits per heavy atom. The lowest BCUT2D eigenvalue weighted by Gasteiger charge is -2.22. The van der Waals surface area contributed by atoms with E-state index in [2.05, 4.69) is 10.3 Å². The van der Waals surface area contributed by atoms with Gasteiger partial charge in [0.2, 0.25) is 15.9 Å². The molecule has 0 radical (unpaired) electrons. The van der Waals surface area contributed by atoms with Crippen molar-refractivity contribution in [1.82, 2.24) is 14.6 Å². The summed E-state index contributed by atoms with van der Waals surface area (Å²) in [6.45, 7) is 1.74. The number of aryl methyl sites for hydroxylation is 1. The zero-order chi connectivity index (χ0) is 23.4. The first-order valence-electron chi connectivity index (χ1n) is 10.2. The lowest BCUT2D eigenvalue weighted by Crippen LogP contribution is -2.40. The van der Waals surface area contributed by atoms with Gasteiger partial charge in [0.05, 0.1) is 26.7 Å². The molecule has 0 fully saturated rings. The van der Waals surface area contributed by atoms with Crippen molar-refractivity contribution < 1.29 is 17.6 Å². The third kappa shape index (κ3) is 5.62. The average Bonchev–Trinajstić information content (AvgIpc) is 3.18. The van der Waals surface area contributed by atoms with E-state index in [1.807, 2.05) is 37.3 Å². The van der Waals surface area contributed by atoms with Gasteiger partial charge >= 0.3 is 0 Å². The van der Waals surface area contributed by atoms with Crippen molar-refractivity contribution >= 4 is 37.5 Å². The van der Waals surface area contributed by atoms with Crippen LogP contribution < -0.4 is 5.32 Å². The molecule has 9 heteroatoms. The van der Waals surface area contributed by atoms with Gasteiger partial charge in [-0.15, -0.1) is 11.3 Å². The molecule has 170 valence electrons. The van der Waals surface area contributed by atoms with Crippen molar-refractivity contribution in [1.29, 1.82) is 0 Å². The van der Waals surface area contributed by atoms with Gasteiger partial charge in [-0.25, -0.2) is 17.8 Å². The summed E-state index contributed by atoms with van der Waals surface area (Å²) in [6.07, 6.45) is 0. The Balaban J connectivity index is 1.57. The highest BCUT2D eigenvalue weighted by Crippen LogP contribution is 2.27. The lowest BCUT2D eigenvalue weighted by molar-refractivity contribution is -0.121. The van der Waals surface area contributed by atoms with Crippen molar-refractivity contribution in [3.05, 3.63) is 94.7 Å². The van der Waals surface area contributed by atoms with E-state index in [1.165, 1.54) is 29.5 Å². The summed E-state index contributed by atoms with van der Waals surface area (Å²) >= 11 is 1.42. The molecule has 1 N–H and O–H groups in total. The molecule has 6 nitrogen and oxygen atoms in total. The maximum Gasteiger partial charge on any atom is 0.243 e. The van der Waals surface area contributed by atoms with Crippen LogP contribution in [-0.4, -0.2) is 30.2 Å². The molecule has 4 aromatic rings. The van der Waals surface area contributed by atoms with Gasteiger partial charge in [-0.05, 0) is 48.4 Å². The van der Waals surface area contributed by atoms with Gasteiger partial charge in [-0.2, -0.15) is 4.31 Å². The second kappa shape index (κ2) is 9.78. The Morgan fingerprint density at radius 3 is 2.48 bits per heavy atom. The molecular weight excluding hydrogens is 461 g/mol. The van der Waals surface area contributed by atoms with Crippen LogP contribution in [0.25, 0.3) is 10.2 Å². The molecule has 0 aliphatic heterocycles. The quantitative estimate of drug-likeness (QED) is 0.406. The first-order valence-corrected chi connectivity index (χ1v) is 12.5. The Kier molecular flexibility index (Phi) is 6.83. The molecule has 0 aliphatic rings. The number of thiazole rings is 1. The zero-order valence-corrected chi connectivity index (χ0v) is 19.5. The first kappa shape index (κ1) is 23.0. The van der Waals surface area contributed by atoms with E-state index in [0.717, 1.165) is 25.1 Å². The van der Waals surface area contributed by atoms with Crippen LogP contribution in [0.2, 0.25) is 0 Å². The van der Waals surface area contributed by atoms with Crippen LogP contribution in [0.1, 0.15) is 16.1 Å². The third-order valence-electron chi connectivity index (χ3n) is 5.03. The summed E-state index contributed by atoms with van der Waals surface area (Å²) in [7, 11) is -3.96. The molecular formula is C24H22FN3O3S2. The summed E-state index contributed by atoms with van der Waals surface area (Å²) in [4.78, 5) is 17.2. The van der Waals surface area contributed by atoms with E-state index in [0.29, 0.717) is 5.56 Å². The molecule has 0 atom stereocenters. The number of benzene rings is 3. The highest BCUT2D eigenvalue weighted by atomic mass is 32.2. The second-order valence-corrected chi connectivity index (χ2v) is 10.7.